The lowest BCUT2D eigenvalue weighted by Gasteiger charge is -2.38. The maximum absolute atomic E-state index is 6.16. The minimum atomic E-state index is 0.752. The van der Waals surface area contributed by atoms with Gasteiger partial charge in [-0.1, -0.05) is 12.1 Å². The molecule has 2 heterocycles. The zero-order chi connectivity index (χ0) is 11.1. The fraction of sp³-hybridized carbons (Fsp3) is 0.571. The third-order valence-corrected chi connectivity index (χ3v) is 4.22. The second-order valence-corrected chi connectivity index (χ2v) is 5.24. The van der Waals surface area contributed by atoms with Crippen LogP contribution in [0.1, 0.15) is 37.7 Å². The normalized spacial score (nSPS) is 28.4. The lowest BCUT2D eigenvalue weighted by molar-refractivity contribution is 0.468. The summed E-state index contributed by atoms with van der Waals surface area (Å²) >= 11 is 0. The molecule has 0 spiro atoms. The molecule has 2 nitrogen and oxygen atoms in total. The lowest BCUT2D eigenvalue weighted by Crippen LogP contribution is -2.40. The predicted molar refractivity (Wildman–Crippen MR) is 68.7 cm³/mol. The summed E-state index contributed by atoms with van der Waals surface area (Å²) in [6, 6.07) is 7.78. The Hall–Kier alpha value is -1.18. The second kappa shape index (κ2) is 3.69. The van der Waals surface area contributed by atoms with Crippen molar-refractivity contribution in [3.05, 3.63) is 23.8 Å². The number of piperidine rings is 1. The number of fused-ring (bicyclic) bond motifs is 2. The third-order valence-electron chi connectivity index (χ3n) is 4.22. The van der Waals surface area contributed by atoms with E-state index in [2.05, 4.69) is 24.0 Å². The lowest BCUT2D eigenvalue weighted by atomic mass is 10.00. The topological polar surface area (TPSA) is 29.3 Å². The van der Waals surface area contributed by atoms with Gasteiger partial charge in [0.05, 0.1) is 11.4 Å². The fourth-order valence-electron chi connectivity index (χ4n) is 3.52. The molecule has 2 fully saturated rings. The Labute approximate surface area is 97.4 Å². The average molecular weight is 216 g/mol. The Morgan fingerprint density at radius 3 is 2.44 bits per heavy atom. The van der Waals surface area contributed by atoms with E-state index in [0.717, 1.165) is 17.8 Å². The summed E-state index contributed by atoms with van der Waals surface area (Å²) in [5.74, 6) is 0. The highest BCUT2D eigenvalue weighted by molar-refractivity contribution is 5.72. The van der Waals surface area contributed by atoms with Gasteiger partial charge < -0.3 is 10.6 Å². The highest BCUT2D eigenvalue weighted by Crippen LogP contribution is 2.42. The van der Waals surface area contributed by atoms with Gasteiger partial charge in [-0.2, -0.15) is 0 Å². The van der Waals surface area contributed by atoms with Crippen molar-refractivity contribution in [2.45, 2.75) is 51.1 Å². The standard InChI is InChI=1S/C14H20N2/c1-10-4-2-7-13(15)14(10)16-11-5-3-6-12(16)9-8-11/h2,4,7,11-12H,3,5-6,8-9,15H2,1H3. The van der Waals surface area contributed by atoms with Crippen LogP contribution < -0.4 is 10.6 Å². The Bertz CT molecular complexity index is 363. The average Bonchev–Trinajstić information content (AvgIpc) is 2.51. The van der Waals surface area contributed by atoms with E-state index in [1.54, 1.807) is 0 Å². The van der Waals surface area contributed by atoms with Gasteiger partial charge in [-0.05, 0) is 50.7 Å². The zero-order valence-electron chi connectivity index (χ0n) is 9.95. The van der Waals surface area contributed by atoms with Crippen molar-refractivity contribution in [3.63, 3.8) is 0 Å². The summed E-state index contributed by atoms with van der Waals surface area (Å²) < 4.78 is 0. The first kappa shape index (κ1) is 10.0. The second-order valence-electron chi connectivity index (χ2n) is 5.24. The van der Waals surface area contributed by atoms with Gasteiger partial charge in [-0.15, -0.1) is 0 Å². The largest absolute Gasteiger partial charge is 0.397 e. The van der Waals surface area contributed by atoms with Crippen molar-refractivity contribution in [2.24, 2.45) is 0 Å². The van der Waals surface area contributed by atoms with E-state index in [-0.39, 0.29) is 0 Å². The van der Waals surface area contributed by atoms with Gasteiger partial charge >= 0.3 is 0 Å². The minimum Gasteiger partial charge on any atom is -0.397 e. The number of aryl methyl sites for hydroxylation is 1. The van der Waals surface area contributed by atoms with Crippen molar-refractivity contribution in [2.75, 3.05) is 10.6 Å². The van der Waals surface area contributed by atoms with Gasteiger partial charge in [-0.25, -0.2) is 0 Å². The number of anilines is 2. The molecule has 16 heavy (non-hydrogen) atoms. The van der Waals surface area contributed by atoms with Crippen molar-refractivity contribution in [1.29, 1.82) is 0 Å². The van der Waals surface area contributed by atoms with E-state index in [9.17, 15) is 0 Å². The number of para-hydroxylation sites is 1. The monoisotopic (exact) mass is 216 g/mol. The first-order chi connectivity index (χ1) is 7.77. The minimum absolute atomic E-state index is 0.752. The van der Waals surface area contributed by atoms with Crippen LogP contribution in [-0.4, -0.2) is 12.1 Å². The predicted octanol–water partition coefficient (Wildman–Crippen LogP) is 3.10. The van der Waals surface area contributed by atoms with Crippen LogP contribution in [0.2, 0.25) is 0 Å². The molecule has 0 saturated carbocycles. The van der Waals surface area contributed by atoms with Crippen LogP contribution in [0.15, 0.2) is 18.2 Å². The molecule has 2 saturated heterocycles. The molecule has 2 unspecified atom stereocenters. The molecule has 1 aromatic carbocycles. The molecule has 1 aromatic rings. The molecular weight excluding hydrogens is 196 g/mol. The Balaban J connectivity index is 2.03. The van der Waals surface area contributed by atoms with Gasteiger partial charge in [0.1, 0.15) is 0 Å². The SMILES string of the molecule is Cc1cccc(N)c1N1C2CCCC1CC2. The van der Waals surface area contributed by atoms with Crippen molar-refractivity contribution in [3.8, 4) is 0 Å². The van der Waals surface area contributed by atoms with E-state index in [1.807, 2.05) is 6.07 Å². The summed E-state index contributed by atoms with van der Waals surface area (Å²) in [5, 5.41) is 0. The molecule has 0 amide bonds. The summed E-state index contributed by atoms with van der Waals surface area (Å²) in [4.78, 5) is 2.62. The van der Waals surface area contributed by atoms with Crippen LogP contribution >= 0.6 is 0 Å². The van der Waals surface area contributed by atoms with E-state index in [0.29, 0.717) is 0 Å². The molecule has 2 N–H and O–H groups in total. The van der Waals surface area contributed by atoms with Gasteiger partial charge in [0.15, 0.2) is 0 Å². The van der Waals surface area contributed by atoms with E-state index in [4.69, 9.17) is 5.73 Å². The van der Waals surface area contributed by atoms with E-state index >= 15 is 0 Å². The number of rotatable bonds is 1. The van der Waals surface area contributed by atoms with Crippen molar-refractivity contribution >= 4 is 11.4 Å². The summed E-state index contributed by atoms with van der Waals surface area (Å²) in [5.41, 5.74) is 9.77. The number of hydrogen-bond acceptors (Lipinski definition) is 2. The number of nitrogens with two attached hydrogens (primary N) is 1. The van der Waals surface area contributed by atoms with Gasteiger partial charge in [0.2, 0.25) is 0 Å². The number of benzene rings is 1. The number of hydrogen-bond donors (Lipinski definition) is 1. The molecule has 2 aliphatic rings. The molecule has 2 aliphatic heterocycles. The van der Waals surface area contributed by atoms with E-state index in [1.165, 1.54) is 43.4 Å². The van der Waals surface area contributed by atoms with Gasteiger partial charge in [0.25, 0.3) is 0 Å². The summed E-state index contributed by atoms with van der Waals surface area (Å²) in [6.07, 6.45) is 6.82. The highest BCUT2D eigenvalue weighted by atomic mass is 15.2. The van der Waals surface area contributed by atoms with Crippen LogP contribution in [0.5, 0.6) is 0 Å². The summed E-state index contributed by atoms with van der Waals surface area (Å²) in [7, 11) is 0. The van der Waals surface area contributed by atoms with Crippen LogP contribution in [0.25, 0.3) is 0 Å². The number of nitrogen functional groups attached to an aromatic ring is 1. The molecule has 3 rings (SSSR count). The fourth-order valence-corrected chi connectivity index (χ4v) is 3.52. The molecule has 86 valence electrons. The Morgan fingerprint density at radius 1 is 1.12 bits per heavy atom. The maximum Gasteiger partial charge on any atom is 0.0634 e. The molecule has 2 bridgehead atoms. The van der Waals surface area contributed by atoms with E-state index < -0.39 is 0 Å². The molecule has 0 radical (unpaired) electrons. The smallest absolute Gasteiger partial charge is 0.0634 e. The quantitative estimate of drug-likeness (QED) is 0.731. The third kappa shape index (κ3) is 1.40. The Kier molecular flexibility index (Phi) is 2.31. The maximum atomic E-state index is 6.16. The van der Waals surface area contributed by atoms with Crippen LogP contribution in [0.3, 0.4) is 0 Å². The van der Waals surface area contributed by atoms with Crippen LogP contribution in [-0.2, 0) is 0 Å². The Morgan fingerprint density at radius 2 is 1.81 bits per heavy atom. The van der Waals surface area contributed by atoms with Gasteiger partial charge in [0, 0.05) is 12.1 Å². The highest BCUT2D eigenvalue weighted by Gasteiger charge is 2.37. The molecular formula is C14H20N2. The van der Waals surface area contributed by atoms with Crippen molar-refractivity contribution in [1.82, 2.24) is 0 Å². The molecule has 2 heteroatoms. The molecule has 2 atom stereocenters. The molecule has 0 aromatic heterocycles. The zero-order valence-corrected chi connectivity index (χ0v) is 9.95. The van der Waals surface area contributed by atoms with Gasteiger partial charge in [-0.3, -0.25) is 0 Å². The first-order valence-corrected chi connectivity index (χ1v) is 6.41. The number of nitrogens with zero attached hydrogens (tertiary/aromatic N) is 1. The first-order valence-electron chi connectivity index (χ1n) is 6.41. The van der Waals surface area contributed by atoms with Crippen molar-refractivity contribution < 1.29 is 0 Å². The molecule has 0 aliphatic carbocycles. The summed E-state index contributed by atoms with van der Waals surface area (Å²) in [6.45, 7) is 2.18. The van der Waals surface area contributed by atoms with Crippen LogP contribution in [0.4, 0.5) is 11.4 Å². The van der Waals surface area contributed by atoms with Crippen LogP contribution in [0, 0.1) is 6.92 Å².